The quantitative estimate of drug-likeness (QED) is 0.451. The first-order chi connectivity index (χ1) is 13.5. The summed E-state index contributed by atoms with van der Waals surface area (Å²) in [7, 11) is 0. The van der Waals surface area contributed by atoms with Crippen molar-refractivity contribution in [2.75, 3.05) is 11.5 Å². The minimum absolute atomic E-state index is 0.216. The summed E-state index contributed by atoms with van der Waals surface area (Å²) in [4.78, 5) is 24.3. The molecule has 0 heterocycles. The summed E-state index contributed by atoms with van der Waals surface area (Å²) in [5.74, 6) is -1.48. The van der Waals surface area contributed by atoms with Crippen molar-refractivity contribution >= 4 is 17.3 Å². The molecule has 0 spiro atoms. The van der Waals surface area contributed by atoms with Crippen molar-refractivity contribution in [2.24, 2.45) is 0 Å². The van der Waals surface area contributed by atoms with E-state index in [4.69, 9.17) is 4.74 Å². The summed E-state index contributed by atoms with van der Waals surface area (Å²) in [5.41, 5.74) is 1.23. The van der Waals surface area contributed by atoms with Gasteiger partial charge >= 0.3 is 0 Å². The van der Waals surface area contributed by atoms with Crippen LogP contribution in [0.5, 0.6) is 5.75 Å². The van der Waals surface area contributed by atoms with Crippen LogP contribution in [0, 0.1) is 15.9 Å². The average Bonchev–Trinajstić information content (AvgIpc) is 2.72. The highest BCUT2D eigenvalue weighted by atomic mass is 19.1. The lowest BCUT2D eigenvalue weighted by atomic mass is 10.2. The normalized spacial score (nSPS) is 10.3. The Balaban J connectivity index is 1.75. The molecular formula is C21H17FN2O4. The average molecular weight is 380 g/mol. The lowest BCUT2D eigenvalue weighted by Gasteiger charge is -2.23. The molecular weight excluding hydrogens is 363 g/mol. The van der Waals surface area contributed by atoms with E-state index in [0.29, 0.717) is 12.2 Å². The smallest absolute Gasteiger partial charge is 0.272 e. The van der Waals surface area contributed by atoms with Crippen LogP contribution in [-0.4, -0.2) is 17.4 Å². The molecule has 1 amide bonds. The lowest BCUT2D eigenvalue weighted by Crippen LogP contribution is -2.34. The van der Waals surface area contributed by atoms with Crippen LogP contribution >= 0.6 is 0 Å². The number of halogens is 1. The van der Waals surface area contributed by atoms with E-state index in [1.165, 1.54) is 0 Å². The van der Waals surface area contributed by atoms with Gasteiger partial charge in [0.05, 0.1) is 17.5 Å². The second-order valence-electron chi connectivity index (χ2n) is 5.96. The zero-order valence-corrected chi connectivity index (χ0v) is 14.8. The minimum Gasteiger partial charge on any atom is -0.481 e. The number of carbonyl (C=O) groups excluding carboxylic acids is 1. The molecule has 3 aromatic rings. The Bertz CT molecular complexity index is 965. The first-order valence-electron chi connectivity index (χ1n) is 8.50. The Labute approximate surface area is 160 Å². The van der Waals surface area contributed by atoms with E-state index in [2.05, 4.69) is 0 Å². The Morgan fingerprint density at radius 2 is 1.64 bits per heavy atom. The molecule has 0 saturated heterocycles. The minimum atomic E-state index is -0.892. The van der Waals surface area contributed by atoms with Gasteiger partial charge in [-0.1, -0.05) is 48.5 Å². The summed E-state index contributed by atoms with van der Waals surface area (Å²) >= 11 is 0. The Hall–Kier alpha value is -3.74. The number of carbonyl (C=O) groups is 1. The summed E-state index contributed by atoms with van der Waals surface area (Å²) in [5, 5.41) is 10.7. The van der Waals surface area contributed by atoms with Gasteiger partial charge in [-0.2, -0.15) is 0 Å². The summed E-state index contributed by atoms with van der Waals surface area (Å²) < 4.78 is 19.3. The molecule has 0 aromatic heterocycles. The molecule has 0 aliphatic carbocycles. The lowest BCUT2D eigenvalue weighted by molar-refractivity contribution is -0.385. The maximum atomic E-state index is 14.0. The standard InChI is InChI=1S/C21H17FN2O4/c22-19-13-18(24(26)27)11-12-20(19)28-15-21(25)23(17-9-5-2-6-10-17)14-16-7-3-1-4-8-16/h1-13H,14-15H2. The van der Waals surface area contributed by atoms with Gasteiger partial charge in [-0.15, -0.1) is 0 Å². The zero-order chi connectivity index (χ0) is 19.9. The molecule has 3 rings (SSSR count). The topological polar surface area (TPSA) is 72.7 Å². The van der Waals surface area contributed by atoms with Crippen LogP contribution in [0.2, 0.25) is 0 Å². The fourth-order valence-electron chi connectivity index (χ4n) is 2.64. The molecule has 0 unspecified atom stereocenters. The summed E-state index contributed by atoms with van der Waals surface area (Å²) in [6.07, 6.45) is 0. The molecule has 3 aromatic carbocycles. The molecule has 6 nitrogen and oxygen atoms in total. The number of benzene rings is 3. The first kappa shape index (κ1) is 19.0. The van der Waals surface area contributed by atoms with Gasteiger partial charge in [0.1, 0.15) is 0 Å². The van der Waals surface area contributed by atoms with Crippen molar-refractivity contribution < 1.29 is 18.8 Å². The van der Waals surface area contributed by atoms with Gasteiger partial charge in [-0.25, -0.2) is 4.39 Å². The highest BCUT2D eigenvalue weighted by molar-refractivity contribution is 5.94. The van der Waals surface area contributed by atoms with Crippen molar-refractivity contribution in [3.8, 4) is 5.75 Å². The molecule has 0 atom stereocenters. The van der Waals surface area contributed by atoms with E-state index in [1.807, 2.05) is 48.5 Å². The van der Waals surface area contributed by atoms with Crippen molar-refractivity contribution in [1.29, 1.82) is 0 Å². The number of hydrogen-bond acceptors (Lipinski definition) is 4. The van der Waals surface area contributed by atoms with Gasteiger partial charge in [0.2, 0.25) is 0 Å². The maximum absolute atomic E-state index is 14.0. The number of hydrogen-bond donors (Lipinski definition) is 0. The van der Waals surface area contributed by atoms with Gasteiger partial charge in [0, 0.05) is 11.8 Å². The molecule has 0 radical (unpaired) electrons. The van der Waals surface area contributed by atoms with E-state index >= 15 is 0 Å². The zero-order valence-electron chi connectivity index (χ0n) is 14.8. The van der Waals surface area contributed by atoms with Crippen molar-refractivity contribution in [3.63, 3.8) is 0 Å². The predicted molar refractivity (Wildman–Crippen MR) is 103 cm³/mol. The van der Waals surface area contributed by atoms with Gasteiger partial charge in [-0.05, 0) is 23.8 Å². The highest BCUT2D eigenvalue weighted by Gasteiger charge is 2.18. The van der Waals surface area contributed by atoms with Crippen molar-refractivity contribution in [3.05, 3.63) is 100 Å². The van der Waals surface area contributed by atoms with E-state index < -0.39 is 17.3 Å². The van der Waals surface area contributed by atoms with Crippen LogP contribution in [0.15, 0.2) is 78.9 Å². The number of anilines is 1. The largest absolute Gasteiger partial charge is 0.481 e. The number of nitro groups is 1. The predicted octanol–water partition coefficient (Wildman–Crippen LogP) is 4.35. The molecule has 0 fully saturated rings. The molecule has 0 N–H and O–H groups in total. The third-order valence-corrected chi connectivity index (χ3v) is 4.03. The summed E-state index contributed by atoms with van der Waals surface area (Å²) in [6.45, 7) is -0.0771. The summed E-state index contributed by atoms with van der Waals surface area (Å²) in [6, 6.07) is 21.6. The Morgan fingerprint density at radius 3 is 2.25 bits per heavy atom. The third kappa shape index (κ3) is 4.70. The highest BCUT2D eigenvalue weighted by Crippen LogP contribution is 2.23. The monoisotopic (exact) mass is 380 g/mol. The fourth-order valence-corrected chi connectivity index (χ4v) is 2.64. The number of amides is 1. The number of non-ortho nitro benzene ring substituents is 1. The van der Waals surface area contributed by atoms with E-state index in [9.17, 15) is 19.3 Å². The second kappa shape index (κ2) is 8.77. The number of nitrogens with zero attached hydrogens (tertiary/aromatic N) is 2. The van der Waals surface area contributed by atoms with E-state index in [1.54, 1.807) is 17.0 Å². The van der Waals surface area contributed by atoms with Gasteiger partial charge in [-0.3, -0.25) is 14.9 Å². The van der Waals surface area contributed by atoms with Crippen LogP contribution in [0.3, 0.4) is 0 Å². The number of ether oxygens (including phenoxy) is 1. The van der Waals surface area contributed by atoms with Gasteiger partial charge < -0.3 is 9.64 Å². The molecule has 0 bridgehead atoms. The number of para-hydroxylation sites is 1. The second-order valence-corrected chi connectivity index (χ2v) is 5.96. The Morgan fingerprint density at radius 1 is 1.00 bits per heavy atom. The molecule has 0 aliphatic heterocycles. The molecule has 0 saturated carbocycles. The molecule has 142 valence electrons. The molecule has 7 heteroatoms. The van der Waals surface area contributed by atoms with Crippen LogP contribution in [0.25, 0.3) is 0 Å². The van der Waals surface area contributed by atoms with Crippen molar-refractivity contribution in [2.45, 2.75) is 6.54 Å². The van der Waals surface area contributed by atoms with E-state index in [-0.39, 0.29) is 17.3 Å². The molecule has 0 aliphatic rings. The van der Waals surface area contributed by atoms with Gasteiger partial charge in [0.15, 0.2) is 18.2 Å². The van der Waals surface area contributed by atoms with Crippen molar-refractivity contribution in [1.82, 2.24) is 0 Å². The van der Waals surface area contributed by atoms with Crippen LogP contribution in [-0.2, 0) is 11.3 Å². The maximum Gasteiger partial charge on any atom is 0.272 e. The number of nitro benzene ring substituents is 1. The third-order valence-electron chi connectivity index (χ3n) is 4.03. The molecule has 28 heavy (non-hydrogen) atoms. The number of rotatable bonds is 7. The van der Waals surface area contributed by atoms with Crippen LogP contribution in [0.1, 0.15) is 5.56 Å². The fraction of sp³-hybridized carbons (Fsp3) is 0.0952. The van der Waals surface area contributed by atoms with E-state index in [0.717, 1.165) is 23.8 Å². The van der Waals surface area contributed by atoms with Crippen LogP contribution < -0.4 is 9.64 Å². The van der Waals surface area contributed by atoms with Gasteiger partial charge in [0.25, 0.3) is 11.6 Å². The SMILES string of the molecule is O=C(COc1ccc([N+](=O)[O-])cc1F)N(Cc1ccccc1)c1ccccc1. The van der Waals surface area contributed by atoms with Crippen LogP contribution in [0.4, 0.5) is 15.8 Å². The Kier molecular flexibility index (Phi) is 5.96. The first-order valence-corrected chi connectivity index (χ1v) is 8.50.